The Balaban J connectivity index is 1.37. The average Bonchev–Trinajstić information content (AvgIpc) is 2.96. The lowest BCUT2D eigenvalue weighted by atomic mass is 10.1. The zero-order valence-electron chi connectivity index (χ0n) is 22.4. The van der Waals surface area contributed by atoms with Gasteiger partial charge in [0.2, 0.25) is 10.0 Å². The number of para-hydroxylation sites is 1. The molecule has 9 heteroatoms. The van der Waals surface area contributed by atoms with Crippen molar-refractivity contribution in [2.45, 2.75) is 20.1 Å². The first-order valence-corrected chi connectivity index (χ1v) is 14.6. The highest BCUT2D eigenvalue weighted by Gasteiger charge is 2.18. The Labute approximate surface area is 234 Å². The number of hydrogen-bond donors (Lipinski definition) is 1. The van der Waals surface area contributed by atoms with E-state index in [-0.39, 0.29) is 6.54 Å². The fourth-order valence-corrected chi connectivity index (χ4v) is 4.77. The van der Waals surface area contributed by atoms with E-state index in [1.54, 1.807) is 54.6 Å². The highest BCUT2D eigenvalue weighted by atomic mass is 32.2. The molecule has 1 amide bonds. The van der Waals surface area contributed by atoms with Crippen LogP contribution >= 0.6 is 0 Å². The third-order valence-corrected chi connectivity index (χ3v) is 7.01. The number of sulfonamides is 1. The maximum absolute atomic E-state index is 12.6. The number of benzene rings is 4. The number of carbonyl (C=O) groups is 1. The quantitative estimate of drug-likeness (QED) is 0.186. The number of hydrogen-bond acceptors (Lipinski definition) is 6. The standard InChI is InChI=1S/C31H31N3O5S/c1-3-38-30-20-26(16-19-29(30)39-23-25-10-6-4-7-11-25)21-32-33-31(35)27-17-14-24(15-18-27)22-34(40(2,36)37)28-12-8-5-9-13-28/h4-21H,3,22-23H2,1-2H3,(H,33,35)/b32-21-. The molecule has 0 heterocycles. The fraction of sp³-hybridized carbons (Fsp3) is 0.161. The third-order valence-electron chi connectivity index (χ3n) is 5.87. The van der Waals surface area contributed by atoms with Crippen molar-refractivity contribution in [3.05, 3.63) is 125 Å². The molecule has 0 aliphatic carbocycles. The number of anilines is 1. The minimum atomic E-state index is -3.49. The zero-order chi connectivity index (χ0) is 28.4. The molecular formula is C31H31N3O5S. The summed E-state index contributed by atoms with van der Waals surface area (Å²) in [6, 6.07) is 30.9. The van der Waals surface area contributed by atoms with Crippen molar-refractivity contribution in [2.24, 2.45) is 5.10 Å². The maximum Gasteiger partial charge on any atom is 0.271 e. The molecule has 8 nitrogen and oxygen atoms in total. The van der Waals surface area contributed by atoms with Crippen molar-refractivity contribution in [1.29, 1.82) is 0 Å². The van der Waals surface area contributed by atoms with Crippen LogP contribution < -0.4 is 19.2 Å². The average molecular weight is 558 g/mol. The summed E-state index contributed by atoms with van der Waals surface area (Å²) < 4.78 is 37.7. The van der Waals surface area contributed by atoms with Crippen LogP contribution in [0.25, 0.3) is 0 Å². The molecule has 0 unspecified atom stereocenters. The lowest BCUT2D eigenvalue weighted by Crippen LogP contribution is -2.29. The summed E-state index contributed by atoms with van der Waals surface area (Å²) in [6.45, 7) is 2.94. The molecule has 4 aromatic rings. The lowest BCUT2D eigenvalue weighted by Gasteiger charge is -2.22. The van der Waals surface area contributed by atoms with E-state index in [0.29, 0.717) is 36.0 Å². The van der Waals surface area contributed by atoms with E-state index in [2.05, 4.69) is 10.5 Å². The summed E-state index contributed by atoms with van der Waals surface area (Å²) in [5, 5.41) is 4.08. The second-order valence-corrected chi connectivity index (χ2v) is 10.8. The van der Waals surface area contributed by atoms with Crippen molar-refractivity contribution >= 4 is 27.8 Å². The molecule has 0 aliphatic rings. The van der Waals surface area contributed by atoms with Gasteiger partial charge in [0.25, 0.3) is 5.91 Å². The number of amides is 1. The van der Waals surface area contributed by atoms with Gasteiger partial charge >= 0.3 is 0 Å². The summed E-state index contributed by atoms with van der Waals surface area (Å²) in [7, 11) is -3.49. The first-order chi connectivity index (χ1) is 19.3. The molecule has 0 fully saturated rings. The lowest BCUT2D eigenvalue weighted by molar-refractivity contribution is 0.0955. The normalized spacial score (nSPS) is 11.2. The van der Waals surface area contributed by atoms with Gasteiger partial charge in [0, 0.05) is 5.56 Å². The van der Waals surface area contributed by atoms with Gasteiger partial charge in [-0.2, -0.15) is 5.10 Å². The molecule has 0 spiro atoms. The van der Waals surface area contributed by atoms with Gasteiger partial charge in [-0.15, -0.1) is 0 Å². The van der Waals surface area contributed by atoms with E-state index >= 15 is 0 Å². The van der Waals surface area contributed by atoms with E-state index in [9.17, 15) is 13.2 Å². The SMILES string of the molecule is CCOc1cc(/C=N\NC(=O)c2ccc(CN(c3ccccc3)S(C)(=O)=O)cc2)ccc1OCc1ccccc1. The van der Waals surface area contributed by atoms with Crippen LogP contribution in [-0.4, -0.2) is 33.4 Å². The highest BCUT2D eigenvalue weighted by Crippen LogP contribution is 2.29. The van der Waals surface area contributed by atoms with Gasteiger partial charge in [-0.1, -0.05) is 60.7 Å². The number of carbonyl (C=O) groups excluding carboxylic acids is 1. The molecule has 0 saturated heterocycles. The Morgan fingerprint density at radius 1 is 0.850 bits per heavy atom. The molecule has 40 heavy (non-hydrogen) atoms. The summed E-state index contributed by atoms with van der Waals surface area (Å²) >= 11 is 0. The molecule has 4 rings (SSSR count). The summed E-state index contributed by atoms with van der Waals surface area (Å²) in [5.74, 6) is 0.815. The Morgan fingerprint density at radius 3 is 2.17 bits per heavy atom. The van der Waals surface area contributed by atoms with E-state index in [4.69, 9.17) is 9.47 Å². The number of nitrogens with one attached hydrogen (secondary N) is 1. The summed E-state index contributed by atoms with van der Waals surface area (Å²) in [4.78, 5) is 12.6. The first kappa shape index (κ1) is 28.4. The third kappa shape index (κ3) is 7.94. The minimum Gasteiger partial charge on any atom is -0.490 e. The van der Waals surface area contributed by atoms with Crippen molar-refractivity contribution in [2.75, 3.05) is 17.2 Å². The zero-order valence-corrected chi connectivity index (χ0v) is 23.2. The largest absolute Gasteiger partial charge is 0.490 e. The van der Waals surface area contributed by atoms with Crippen LogP contribution in [0, 0.1) is 0 Å². The van der Waals surface area contributed by atoms with Gasteiger partial charge in [-0.25, -0.2) is 13.8 Å². The van der Waals surface area contributed by atoms with Gasteiger partial charge in [-0.3, -0.25) is 9.10 Å². The van der Waals surface area contributed by atoms with Gasteiger partial charge in [0.1, 0.15) is 6.61 Å². The van der Waals surface area contributed by atoms with E-state index < -0.39 is 15.9 Å². The van der Waals surface area contributed by atoms with Crippen molar-refractivity contribution < 1.29 is 22.7 Å². The molecule has 4 aromatic carbocycles. The summed E-state index contributed by atoms with van der Waals surface area (Å²) in [6.07, 6.45) is 2.70. The molecule has 0 atom stereocenters. The summed E-state index contributed by atoms with van der Waals surface area (Å²) in [5.41, 5.74) is 6.01. The Bertz CT molecular complexity index is 1540. The van der Waals surface area contributed by atoms with Gasteiger partial charge in [0.05, 0.1) is 31.3 Å². The van der Waals surface area contributed by atoms with Crippen LogP contribution in [0.3, 0.4) is 0 Å². The molecule has 0 bridgehead atoms. The number of ether oxygens (including phenoxy) is 2. The van der Waals surface area contributed by atoms with Crippen LogP contribution in [0.4, 0.5) is 5.69 Å². The fourth-order valence-electron chi connectivity index (χ4n) is 3.88. The molecule has 0 aromatic heterocycles. The van der Waals surface area contributed by atoms with Gasteiger partial charge < -0.3 is 9.47 Å². The first-order valence-electron chi connectivity index (χ1n) is 12.7. The number of rotatable bonds is 12. The van der Waals surface area contributed by atoms with Gasteiger partial charge in [-0.05, 0) is 66.1 Å². The molecule has 206 valence electrons. The van der Waals surface area contributed by atoms with Crippen LogP contribution in [0.2, 0.25) is 0 Å². The van der Waals surface area contributed by atoms with Crippen molar-refractivity contribution in [3.63, 3.8) is 0 Å². The highest BCUT2D eigenvalue weighted by molar-refractivity contribution is 7.92. The number of nitrogens with zero attached hydrogens (tertiary/aromatic N) is 2. The maximum atomic E-state index is 12.6. The Hall–Kier alpha value is -4.63. The van der Waals surface area contributed by atoms with Crippen LogP contribution in [-0.2, 0) is 23.2 Å². The predicted molar refractivity (Wildman–Crippen MR) is 157 cm³/mol. The molecule has 1 N–H and O–H groups in total. The minimum absolute atomic E-state index is 0.149. The van der Waals surface area contributed by atoms with Gasteiger partial charge in [0.15, 0.2) is 11.5 Å². The monoisotopic (exact) mass is 557 g/mol. The second-order valence-electron chi connectivity index (χ2n) is 8.91. The van der Waals surface area contributed by atoms with E-state index in [1.165, 1.54) is 16.8 Å². The Kier molecular flexibility index (Phi) is 9.53. The van der Waals surface area contributed by atoms with E-state index in [1.807, 2.05) is 55.5 Å². The number of hydrazone groups is 1. The Morgan fingerprint density at radius 2 is 1.52 bits per heavy atom. The molecule has 0 radical (unpaired) electrons. The van der Waals surface area contributed by atoms with Crippen molar-refractivity contribution in [3.8, 4) is 11.5 Å². The van der Waals surface area contributed by atoms with Crippen LogP contribution in [0.1, 0.15) is 34.0 Å². The molecular weight excluding hydrogens is 526 g/mol. The second kappa shape index (κ2) is 13.4. The topological polar surface area (TPSA) is 97.3 Å². The molecule has 0 aliphatic heterocycles. The smallest absolute Gasteiger partial charge is 0.271 e. The molecule has 0 saturated carbocycles. The van der Waals surface area contributed by atoms with Crippen molar-refractivity contribution in [1.82, 2.24) is 5.43 Å². The van der Waals surface area contributed by atoms with E-state index in [0.717, 1.165) is 16.7 Å². The van der Waals surface area contributed by atoms with Crippen LogP contribution in [0.15, 0.2) is 108 Å². The predicted octanol–water partition coefficient (Wildman–Crippen LogP) is 5.39. The van der Waals surface area contributed by atoms with Crippen LogP contribution in [0.5, 0.6) is 11.5 Å².